The lowest BCUT2D eigenvalue weighted by atomic mass is 10.0. The molecule has 0 amide bonds. The molecule has 0 spiro atoms. The molecule has 5 heteroatoms. The van der Waals surface area contributed by atoms with Gasteiger partial charge in [-0.05, 0) is 37.4 Å². The first-order chi connectivity index (χ1) is 9.04. The van der Waals surface area contributed by atoms with Crippen LogP contribution in [0.25, 0.3) is 0 Å². The molecule has 2 nitrogen and oxygen atoms in total. The van der Waals surface area contributed by atoms with Crippen molar-refractivity contribution in [3.05, 3.63) is 33.8 Å². The van der Waals surface area contributed by atoms with Gasteiger partial charge in [0.25, 0.3) is 0 Å². The topological polar surface area (TPSA) is 29.3 Å². The van der Waals surface area contributed by atoms with Gasteiger partial charge < -0.3 is 5.73 Å². The zero-order chi connectivity index (χ0) is 14.4. The molecule has 0 radical (unpaired) electrons. The number of benzene rings is 1. The zero-order valence-electron chi connectivity index (χ0n) is 11.7. The van der Waals surface area contributed by atoms with Gasteiger partial charge in [0.05, 0.1) is 10.0 Å². The predicted molar refractivity (Wildman–Crippen MR) is 88.5 cm³/mol. The highest BCUT2D eigenvalue weighted by Crippen LogP contribution is 2.29. The molecule has 0 aliphatic carbocycles. The summed E-state index contributed by atoms with van der Waals surface area (Å²) in [6.45, 7) is 2.78. The second-order valence-corrected chi connectivity index (χ2v) is 6.33. The van der Waals surface area contributed by atoms with E-state index in [0.717, 1.165) is 17.7 Å². The average Bonchev–Trinajstić information content (AvgIpc) is 2.40. The number of nitrogens with two attached hydrogens (primary N) is 1. The highest BCUT2D eigenvalue weighted by Gasteiger charge is 2.22. The van der Waals surface area contributed by atoms with Crippen molar-refractivity contribution in [1.82, 2.24) is 4.90 Å². The van der Waals surface area contributed by atoms with Crippen LogP contribution in [0.3, 0.4) is 0 Å². The van der Waals surface area contributed by atoms with Crippen LogP contribution < -0.4 is 5.73 Å². The van der Waals surface area contributed by atoms with Gasteiger partial charge in [-0.2, -0.15) is 11.8 Å². The summed E-state index contributed by atoms with van der Waals surface area (Å²) in [5.41, 5.74) is 7.08. The van der Waals surface area contributed by atoms with Gasteiger partial charge in [0, 0.05) is 24.4 Å². The molecular weight excluding hydrogens is 299 g/mol. The molecule has 0 bridgehead atoms. The van der Waals surface area contributed by atoms with Crippen molar-refractivity contribution in [3.63, 3.8) is 0 Å². The maximum Gasteiger partial charge on any atom is 0.0595 e. The predicted octanol–water partition coefficient (Wildman–Crippen LogP) is 4.07. The van der Waals surface area contributed by atoms with E-state index in [9.17, 15) is 0 Å². The Kier molecular flexibility index (Phi) is 7.55. The van der Waals surface area contributed by atoms with Crippen molar-refractivity contribution in [2.45, 2.75) is 25.4 Å². The summed E-state index contributed by atoms with van der Waals surface area (Å²) in [6, 6.07) is 6.45. The molecule has 2 N–H and O–H groups in total. The minimum atomic E-state index is 0.173. The van der Waals surface area contributed by atoms with Crippen molar-refractivity contribution < 1.29 is 0 Å². The maximum absolute atomic E-state index is 6.10. The molecule has 0 aliphatic rings. The lowest BCUT2D eigenvalue weighted by molar-refractivity contribution is 0.188. The zero-order valence-corrected chi connectivity index (χ0v) is 14.0. The van der Waals surface area contributed by atoms with E-state index in [0.29, 0.717) is 22.6 Å². The van der Waals surface area contributed by atoms with E-state index in [4.69, 9.17) is 28.9 Å². The van der Waals surface area contributed by atoms with Gasteiger partial charge in [-0.25, -0.2) is 0 Å². The van der Waals surface area contributed by atoms with Crippen molar-refractivity contribution in [3.8, 4) is 0 Å². The molecule has 0 aromatic heterocycles. The Labute approximate surface area is 130 Å². The Hall–Kier alpha value is 0.0700. The smallest absolute Gasteiger partial charge is 0.0595 e. The van der Waals surface area contributed by atoms with Crippen molar-refractivity contribution in [2.24, 2.45) is 5.73 Å². The molecule has 0 saturated carbocycles. The Balaban J connectivity index is 2.94. The number of rotatable bonds is 7. The van der Waals surface area contributed by atoms with Crippen LogP contribution >= 0.6 is 35.0 Å². The molecule has 2 unspecified atom stereocenters. The lowest BCUT2D eigenvalue weighted by Crippen LogP contribution is -2.39. The number of thioether (sulfide) groups is 1. The number of hydrogen-bond acceptors (Lipinski definition) is 3. The van der Waals surface area contributed by atoms with Crippen LogP contribution in [0.4, 0.5) is 0 Å². The van der Waals surface area contributed by atoms with E-state index in [1.54, 1.807) is 0 Å². The summed E-state index contributed by atoms with van der Waals surface area (Å²) in [6.07, 6.45) is 3.24. The van der Waals surface area contributed by atoms with E-state index in [-0.39, 0.29) is 6.04 Å². The lowest BCUT2D eigenvalue weighted by Gasteiger charge is -2.34. The molecule has 0 aliphatic heterocycles. The minimum Gasteiger partial charge on any atom is -0.329 e. The molecule has 0 fully saturated rings. The molecule has 1 aromatic carbocycles. The maximum atomic E-state index is 6.10. The van der Waals surface area contributed by atoms with Crippen LogP contribution in [0, 0.1) is 0 Å². The largest absolute Gasteiger partial charge is 0.329 e. The summed E-state index contributed by atoms with van der Waals surface area (Å²) in [5.74, 6) is 1.10. The van der Waals surface area contributed by atoms with Crippen molar-refractivity contribution in [1.29, 1.82) is 0 Å². The third-order valence-corrected chi connectivity index (χ3v) is 4.91. The fraction of sp³-hybridized carbons (Fsp3) is 0.571. The number of nitrogens with zero attached hydrogens (tertiary/aromatic N) is 1. The van der Waals surface area contributed by atoms with Crippen LogP contribution in [0.5, 0.6) is 0 Å². The number of likely N-dealkylation sites (N-methyl/N-ethyl adjacent to an activating group) is 1. The molecule has 2 atom stereocenters. The summed E-state index contributed by atoms with van der Waals surface area (Å²) in [4.78, 5) is 2.34. The highest BCUT2D eigenvalue weighted by atomic mass is 35.5. The van der Waals surface area contributed by atoms with Gasteiger partial charge in [-0.15, -0.1) is 0 Å². The summed E-state index contributed by atoms with van der Waals surface area (Å²) in [5, 5.41) is 1.17. The van der Waals surface area contributed by atoms with Crippen LogP contribution in [0.2, 0.25) is 10.0 Å². The highest BCUT2D eigenvalue weighted by molar-refractivity contribution is 7.98. The van der Waals surface area contributed by atoms with Gasteiger partial charge in [-0.3, -0.25) is 4.90 Å². The van der Waals surface area contributed by atoms with Gasteiger partial charge in [-0.1, -0.05) is 36.2 Å². The first-order valence-corrected chi connectivity index (χ1v) is 8.56. The molecule has 1 aromatic rings. The molecule has 0 heterocycles. The van der Waals surface area contributed by atoms with Crippen molar-refractivity contribution in [2.75, 3.05) is 25.6 Å². The average molecular weight is 321 g/mol. The minimum absolute atomic E-state index is 0.173. The molecular formula is C14H22Cl2N2S. The summed E-state index contributed by atoms with van der Waals surface area (Å²) >= 11 is 13.9. The van der Waals surface area contributed by atoms with Gasteiger partial charge in [0.2, 0.25) is 0 Å². The van der Waals surface area contributed by atoms with Gasteiger partial charge in [0.15, 0.2) is 0 Å². The van der Waals surface area contributed by atoms with Gasteiger partial charge in [0.1, 0.15) is 0 Å². The number of hydrogen-bond donors (Lipinski definition) is 1. The SMILES string of the molecule is CCC(CSC)N(C)C(CN)c1ccc(Cl)c(Cl)c1. The monoisotopic (exact) mass is 320 g/mol. The Morgan fingerprint density at radius 2 is 2.00 bits per heavy atom. The fourth-order valence-corrected chi connectivity index (χ4v) is 3.39. The van der Waals surface area contributed by atoms with E-state index in [1.807, 2.05) is 30.0 Å². The standard InChI is InChI=1S/C14H22Cl2N2S/c1-4-11(9-19-3)18(2)14(8-17)10-5-6-12(15)13(16)7-10/h5-7,11,14H,4,8-9,17H2,1-3H3. The molecule has 108 valence electrons. The third kappa shape index (κ3) is 4.54. The Bertz CT molecular complexity index is 401. The molecule has 19 heavy (non-hydrogen) atoms. The van der Waals surface area contributed by atoms with E-state index >= 15 is 0 Å². The number of halogens is 2. The van der Waals surface area contributed by atoms with Crippen LogP contribution in [-0.4, -0.2) is 36.5 Å². The summed E-state index contributed by atoms with van der Waals surface area (Å²) < 4.78 is 0. The Morgan fingerprint density at radius 1 is 1.32 bits per heavy atom. The first-order valence-electron chi connectivity index (χ1n) is 6.41. The van der Waals surface area contributed by atoms with E-state index in [2.05, 4.69) is 25.1 Å². The Morgan fingerprint density at radius 3 is 2.47 bits per heavy atom. The van der Waals surface area contributed by atoms with E-state index < -0.39 is 0 Å². The second-order valence-electron chi connectivity index (χ2n) is 4.61. The quantitative estimate of drug-likeness (QED) is 0.821. The van der Waals surface area contributed by atoms with Crippen molar-refractivity contribution >= 4 is 35.0 Å². The normalized spacial score (nSPS) is 14.7. The molecule has 0 saturated heterocycles. The second kappa shape index (κ2) is 8.38. The van der Waals surface area contributed by atoms with Gasteiger partial charge >= 0.3 is 0 Å². The van der Waals surface area contributed by atoms with Crippen LogP contribution in [-0.2, 0) is 0 Å². The fourth-order valence-electron chi connectivity index (χ4n) is 2.23. The summed E-state index contributed by atoms with van der Waals surface area (Å²) in [7, 11) is 2.13. The van der Waals surface area contributed by atoms with Crippen LogP contribution in [0.15, 0.2) is 18.2 Å². The first kappa shape index (κ1) is 17.1. The van der Waals surface area contributed by atoms with Crippen LogP contribution in [0.1, 0.15) is 24.9 Å². The molecule has 1 rings (SSSR count). The third-order valence-electron chi connectivity index (χ3n) is 3.45. The van der Waals surface area contributed by atoms with E-state index in [1.165, 1.54) is 0 Å².